The van der Waals surface area contributed by atoms with Gasteiger partial charge in [-0.2, -0.15) is 0 Å². The van der Waals surface area contributed by atoms with Gasteiger partial charge >= 0.3 is 0 Å². The standard InChI is InChI=1S/C30H26ClNO6/c1-17(2)37-22-9-6-8-18(14-22)27-26(28(33)25-15-20-13-21(31)11-12-24(20)38-25)29(34)30(35)32(27)16-19-7-4-5-10-23(19)36-3/h4-15,17,27,34H,16H2,1-3H3. The number of carbonyl (C=O) groups is 2. The van der Waals surface area contributed by atoms with Crippen molar-refractivity contribution in [3.63, 3.8) is 0 Å². The summed E-state index contributed by atoms with van der Waals surface area (Å²) >= 11 is 6.10. The Bertz CT molecular complexity index is 1570. The molecule has 2 heterocycles. The lowest BCUT2D eigenvalue weighted by Crippen LogP contribution is -2.31. The topological polar surface area (TPSA) is 89.2 Å². The molecule has 1 N–H and O–H groups in total. The van der Waals surface area contributed by atoms with Gasteiger partial charge in [0.25, 0.3) is 5.91 Å². The van der Waals surface area contributed by atoms with Gasteiger partial charge in [0.1, 0.15) is 17.1 Å². The maximum Gasteiger partial charge on any atom is 0.290 e. The van der Waals surface area contributed by atoms with Crippen LogP contribution in [0.1, 0.15) is 41.6 Å². The molecule has 0 fully saturated rings. The maximum atomic E-state index is 13.8. The van der Waals surface area contributed by atoms with E-state index in [0.29, 0.717) is 33.1 Å². The highest BCUT2D eigenvalue weighted by molar-refractivity contribution is 6.31. The molecule has 0 bridgehead atoms. The van der Waals surface area contributed by atoms with Gasteiger partial charge in [0.15, 0.2) is 11.5 Å². The highest BCUT2D eigenvalue weighted by Gasteiger charge is 2.45. The first kappa shape index (κ1) is 25.4. The van der Waals surface area contributed by atoms with Gasteiger partial charge in [0, 0.05) is 16.0 Å². The van der Waals surface area contributed by atoms with E-state index in [-0.39, 0.29) is 24.0 Å². The zero-order valence-corrected chi connectivity index (χ0v) is 21.9. The Morgan fingerprint density at radius 3 is 2.63 bits per heavy atom. The van der Waals surface area contributed by atoms with Crippen molar-refractivity contribution in [3.05, 3.63) is 106 Å². The van der Waals surface area contributed by atoms with E-state index >= 15 is 0 Å². The van der Waals surface area contributed by atoms with Crippen LogP contribution in [0.4, 0.5) is 0 Å². The van der Waals surface area contributed by atoms with Crippen LogP contribution >= 0.6 is 11.6 Å². The normalized spacial score (nSPS) is 15.6. The van der Waals surface area contributed by atoms with Crippen LogP contribution < -0.4 is 9.47 Å². The van der Waals surface area contributed by atoms with Gasteiger partial charge in [-0.3, -0.25) is 9.59 Å². The van der Waals surface area contributed by atoms with E-state index in [1.54, 1.807) is 61.7 Å². The SMILES string of the molecule is COc1ccccc1CN1C(=O)C(O)=C(C(=O)c2cc3cc(Cl)ccc3o2)C1c1cccc(OC(C)C)c1. The Morgan fingerprint density at radius 1 is 1.08 bits per heavy atom. The molecule has 4 aromatic rings. The smallest absolute Gasteiger partial charge is 0.290 e. The number of furan rings is 1. The van der Waals surface area contributed by atoms with Crippen LogP contribution in [0.2, 0.25) is 5.02 Å². The zero-order valence-electron chi connectivity index (χ0n) is 21.1. The van der Waals surface area contributed by atoms with E-state index in [4.69, 9.17) is 25.5 Å². The average molecular weight is 532 g/mol. The Hall–Kier alpha value is -4.23. The molecule has 1 amide bonds. The number of para-hydroxylation sites is 1. The summed E-state index contributed by atoms with van der Waals surface area (Å²) in [6.07, 6.45) is -0.0763. The first-order valence-corrected chi connectivity index (χ1v) is 12.5. The van der Waals surface area contributed by atoms with E-state index < -0.39 is 23.5 Å². The van der Waals surface area contributed by atoms with Crippen LogP contribution in [0.25, 0.3) is 11.0 Å². The minimum Gasteiger partial charge on any atom is -0.503 e. The van der Waals surface area contributed by atoms with Gasteiger partial charge in [0.2, 0.25) is 5.78 Å². The lowest BCUT2D eigenvalue weighted by Gasteiger charge is -2.27. The molecule has 0 spiro atoms. The third-order valence-corrected chi connectivity index (χ3v) is 6.56. The fourth-order valence-corrected chi connectivity index (χ4v) is 4.88. The molecule has 0 radical (unpaired) electrons. The number of halogens is 1. The van der Waals surface area contributed by atoms with Gasteiger partial charge in [-0.05, 0) is 61.9 Å². The number of hydrogen-bond acceptors (Lipinski definition) is 6. The fraction of sp³-hybridized carbons (Fsp3) is 0.200. The highest BCUT2D eigenvalue weighted by Crippen LogP contribution is 2.42. The van der Waals surface area contributed by atoms with E-state index in [0.717, 1.165) is 5.56 Å². The van der Waals surface area contributed by atoms with E-state index in [9.17, 15) is 14.7 Å². The molecule has 0 saturated carbocycles. The van der Waals surface area contributed by atoms with Gasteiger partial charge in [0.05, 0.1) is 31.4 Å². The number of aliphatic hydroxyl groups is 1. The third-order valence-electron chi connectivity index (χ3n) is 6.33. The van der Waals surface area contributed by atoms with E-state index in [2.05, 4.69) is 0 Å². The van der Waals surface area contributed by atoms with Crippen molar-refractivity contribution in [3.8, 4) is 11.5 Å². The second-order valence-electron chi connectivity index (χ2n) is 9.27. The van der Waals surface area contributed by atoms with Crippen LogP contribution in [0, 0.1) is 0 Å². The lowest BCUT2D eigenvalue weighted by atomic mass is 9.94. The third kappa shape index (κ3) is 4.73. The number of ether oxygens (including phenoxy) is 2. The van der Waals surface area contributed by atoms with Gasteiger partial charge in [-0.25, -0.2) is 0 Å². The first-order chi connectivity index (χ1) is 18.3. The number of carbonyl (C=O) groups excluding carboxylic acids is 2. The molecule has 7 nitrogen and oxygen atoms in total. The van der Waals surface area contributed by atoms with Gasteiger partial charge in [-0.15, -0.1) is 0 Å². The summed E-state index contributed by atoms with van der Waals surface area (Å²) in [5.41, 5.74) is 1.73. The van der Waals surface area contributed by atoms with Crippen LogP contribution in [0.5, 0.6) is 11.5 Å². The van der Waals surface area contributed by atoms with Crippen LogP contribution in [0.15, 0.2) is 88.5 Å². The predicted molar refractivity (Wildman–Crippen MR) is 144 cm³/mol. The van der Waals surface area contributed by atoms with Crippen molar-refractivity contribution in [2.75, 3.05) is 7.11 Å². The predicted octanol–water partition coefficient (Wildman–Crippen LogP) is 6.66. The number of methoxy groups -OCH3 is 1. The van der Waals surface area contributed by atoms with Crippen LogP contribution in [-0.4, -0.2) is 34.9 Å². The number of rotatable bonds is 8. The monoisotopic (exact) mass is 531 g/mol. The molecular formula is C30H26ClNO6. The highest BCUT2D eigenvalue weighted by atomic mass is 35.5. The molecule has 194 valence electrons. The molecule has 38 heavy (non-hydrogen) atoms. The number of Topliss-reactive ketones (excluding diaryl/α,β-unsaturated/α-hetero) is 1. The molecule has 0 aliphatic carbocycles. The number of nitrogens with zero attached hydrogens (tertiary/aromatic N) is 1. The Morgan fingerprint density at radius 2 is 1.87 bits per heavy atom. The van der Waals surface area contributed by atoms with Crippen LogP contribution in [-0.2, 0) is 11.3 Å². The largest absolute Gasteiger partial charge is 0.503 e. The maximum absolute atomic E-state index is 13.8. The van der Waals surface area contributed by atoms with E-state index in [1.807, 2.05) is 32.0 Å². The second-order valence-corrected chi connectivity index (χ2v) is 9.71. The number of ketones is 1. The van der Waals surface area contributed by atoms with Crippen molar-refractivity contribution < 1.29 is 28.6 Å². The summed E-state index contributed by atoms with van der Waals surface area (Å²) in [6.45, 7) is 3.92. The fourth-order valence-electron chi connectivity index (χ4n) is 4.70. The number of amides is 1. The minimum absolute atomic E-state index is 0.00431. The molecule has 5 rings (SSSR count). The number of benzene rings is 3. The van der Waals surface area contributed by atoms with Crippen molar-refractivity contribution in [1.29, 1.82) is 0 Å². The molecule has 1 aliphatic heterocycles. The molecule has 1 unspecified atom stereocenters. The molecular weight excluding hydrogens is 506 g/mol. The summed E-state index contributed by atoms with van der Waals surface area (Å²) in [7, 11) is 1.55. The molecule has 0 saturated heterocycles. The van der Waals surface area contributed by atoms with Crippen LogP contribution in [0.3, 0.4) is 0 Å². The van der Waals surface area contributed by atoms with Crippen molar-refractivity contribution in [1.82, 2.24) is 4.90 Å². The number of hydrogen-bond donors (Lipinski definition) is 1. The summed E-state index contributed by atoms with van der Waals surface area (Å²) < 4.78 is 17.2. The van der Waals surface area contributed by atoms with E-state index in [1.165, 1.54) is 4.90 Å². The summed E-state index contributed by atoms with van der Waals surface area (Å²) in [6, 6.07) is 20.1. The molecule has 1 aromatic heterocycles. The minimum atomic E-state index is -0.896. The van der Waals surface area contributed by atoms with Crippen molar-refractivity contribution >= 4 is 34.3 Å². The molecule has 8 heteroatoms. The van der Waals surface area contributed by atoms with Gasteiger partial charge < -0.3 is 23.9 Å². The summed E-state index contributed by atoms with van der Waals surface area (Å²) in [5.74, 6) is -0.716. The first-order valence-electron chi connectivity index (χ1n) is 12.1. The lowest BCUT2D eigenvalue weighted by molar-refractivity contribution is -0.130. The molecule has 3 aromatic carbocycles. The summed E-state index contributed by atoms with van der Waals surface area (Å²) in [4.78, 5) is 28.8. The molecule has 1 aliphatic rings. The molecule has 1 atom stereocenters. The number of fused-ring (bicyclic) bond motifs is 1. The van der Waals surface area contributed by atoms with Crippen molar-refractivity contribution in [2.24, 2.45) is 0 Å². The average Bonchev–Trinajstić information content (AvgIpc) is 3.42. The van der Waals surface area contributed by atoms with Crippen molar-refractivity contribution in [2.45, 2.75) is 32.5 Å². The Labute approximate surface area is 224 Å². The summed E-state index contributed by atoms with van der Waals surface area (Å²) in [5, 5.41) is 12.2. The quantitative estimate of drug-likeness (QED) is 0.256. The second kappa shape index (κ2) is 10.3. The Kier molecular flexibility index (Phi) is 6.87. The zero-order chi connectivity index (χ0) is 27.0. The Balaban J connectivity index is 1.61. The number of aliphatic hydroxyl groups excluding tert-OH is 1. The van der Waals surface area contributed by atoms with Gasteiger partial charge in [-0.1, -0.05) is 41.9 Å².